The summed E-state index contributed by atoms with van der Waals surface area (Å²) >= 11 is 0. The van der Waals surface area contributed by atoms with Crippen LogP contribution in [0.5, 0.6) is 0 Å². The van der Waals surface area contributed by atoms with E-state index in [1.54, 1.807) is 11.8 Å². The zero-order valence-corrected chi connectivity index (χ0v) is 13.4. The van der Waals surface area contributed by atoms with Crippen LogP contribution in [0.4, 0.5) is 4.79 Å². The first-order valence-corrected chi connectivity index (χ1v) is 8.40. The van der Waals surface area contributed by atoms with Gasteiger partial charge in [0.1, 0.15) is 5.60 Å². The number of amides is 2. The Labute approximate surface area is 136 Å². The number of carbonyl (C=O) groups excluding carboxylic acids is 2. The molecule has 0 radical (unpaired) electrons. The molecular weight excluding hydrogens is 292 g/mol. The van der Waals surface area contributed by atoms with Gasteiger partial charge in [-0.1, -0.05) is 30.3 Å². The van der Waals surface area contributed by atoms with E-state index in [2.05, 4.69) is 0 Å². The quantitative estimate of drug-likeness (QED) is 0.843. The van der Waals surface area contributed by atoms with E-state index in [4.69, 9.17) is 4.74 Å². The van der Waals surface area contributed by atoms with E-state index in [0.29, 0.717) is 19.1 Å². The molecule has 0 N–H and O–H groups in total. The molecule has 1 saturated carbocycles. The van der Waals surface area contributed by atoms with E-state index in [1.807, 2.05) is 35.2 Å². The van der Waals surface area contributed by atoms with Gasteiger partial charge in [0.25, 0.3) is 0 Å². The van der Waals surface area contributed by atoms with Crippen LogP contribution in [-0.4, -0.2) is 46.0 Å². The van der Waals surface area contributed by atoms with Gasteiger partial charge in [0.2, 0.25) is 5.91 Å². The van der Waals surface area contributed by atoms with Crippen molar-refractivity contribution < 1.29 is 14.3 Å². The molecule has 2 amide bonds. The monoisotopic (exact) mass is 314 g/mol. The lowest BCUT2D eigenvalue weighted by Gasteiger charge is -2.60. The molecule has 4 aliphatic rings. The summed E-state index contributed by atoms with van der Waals surface area (Å²) in [5.74, 6) is 0.0985. The lowest BCUT2D eigenvalue weighted by molar-refractivity contribution is -0.187. The number of benzene rings is 1. The fourth-order valence-electron chi connectivity index (χ4n) is 4.57. The Morgan fingerprint density at radius 2 is 1.96 bits per heavy atom. The highest BCUT2D eigenvalue weighted by molar-refractivity contribution is 5.76. The first-order chi connectivity index (χ1) is 11.1. The highest BCUT2D eigenvalue weighted by Gasteiger charge is 2.58. The third-order valence-corrected chi connectivity index (χ3v) is 5.66. The van der Waals surface area contributed by atoms with Gasteiger partial charge in [-0.25, -0.2) is 4.79 Å². The lowest BCUT2D eigenvalue weighted by Crippen LogP contribution is -2.73. The summed E-state index contributed by atoms with van der Waals surface area (Å²) in [5.41, 5.74) is 0.626. The first kappa shape index (κ1) is 14.5. The van der Waals surface area contributed by atoms with Gasteiger partial charge in [-0.2, -0.15) is 0 Å². The zero-order valence-electron chi connectivity index (χ0n) is 13.4. The van der Waals surface area contributed by atoms with Crippen molar-refractivity contribution in [3.8, 4) is 0 Å². The van der Waals surface area contributed by atoms with Crippen LogP contribution in [0, 0.1) is 0 Å². The Bertz CT molecular complexity index is 622. The number of nitrogens with zero attached hydrogens (tertiary/aromatic N) is 2. The summed E-state index contributed by atoms with van der Waals surface area (Å²) < 4.78 is 5.92. The van der Waals surface area contributed by atoms with Gasteiger partial charge >= 0.3 is 6.09 Å². The van der Waals surface area contributed by atoms with Crippen LogP contribution in [0.25, 0.3) is 0 Å². The van der Waals surface area contributed by atoms with E-state index in [0.717, 1.165) is 31.2 Å². The molecule has 1 aromatic carbocycles. The maximum absolute atomic E-state index is 12.5. The van der Waals surface area contributed by atoms with E-state index < -0.39 is 5.60 Å². The second-order valence-electron chi connectivity index (χ2n) is 6.97. The fraction of sp³-hybridized carbons (Fsp3) is 0.556. The summed E-state index contributed by atoms with van der Waals surface area (Å²) in [6.45, 7) is 2.73. The van der Waals surface area contributed by atoms with Crippen molar-refractivity contribution in [2.75, 3.05) is 6.54 Å². The molecule has 5 nitrogen and oxygen atoms in total. The number of piperidine rings is 2. The van der Waals surface area contributed by atoms with Gasteiger partial charge in [-0.3, -0.25) is 4.79 Å². The van der Waals surface area contributed by atoms with Gasteiger partial charge < -0.3 is 14.5 Å². The van der Waals surface area contributed by atoms with Crippen molar-refractivity contribution >= 4 is 12.0 Å². The van der Waals surface area contributed by atoms with Crippen LogP contribution < -0.4 is 0 Å². The zero-order chi connectivity index (χ0) is 16.0. The molecule has 5 heteroatoms. The van der Waals surface area contributed by atoms with Crippen molar-refractivity contribution in [1.29, 1.82) is 0 Å². The van der Waals surface area contributed by atoms with Crippen LogP contribution in [0.2, 0.25) is 0 Å². The van der Waals surface area contributed by atoms with Gasteiger partial charge in [-0.05, 0) is 31.2 Å². The predicted molar refractivity (Wildman–Crippen MR) is 84.6 cm³/mol. The molecule has 3 saturated heterocycles. The molecule has 4 fully saturated rings. The van der Waals surface area contributed by atoms with Crippen molar-refractivity contribution in [3.05, 3.63) is 35.9 Å². The van der Waals surface area contributed by atoms with Gasteiger partial charge in [0.15, 0.2) is 0 Å². The molecule has 3 heterocycles. The molecule has 1 aromatic rings. The summed E-state index contributed by atoms with van der Waals surface area (Å²) in [4.78, 5) is 28.4. The van der Waals surface area contributed by atoms with Crippen molar-refractivity contribution in [2.45, 2.75) is 56.8 Å². The molecule has 0 aromatic heterocycles. The Balaban J connectivity index is 1.60. The summed E-state index contributed by atoms with van der Waals surface area (Å²) in [5, 5.41) is 0. The minimum atomic E-state index is -0.454. The third-order valence-electron chi connectivity index (χ3n) is 5.66. The molecule has 1 unspecified atom stereocenters. The number of fused-ring (bicyclic) bond motifs is 2. The van der Waals surface area contributed by atoms with E-state index in [-0.39, 0.29) is 18.0 Å². The SMILES string of the molecule is CC(=O)N1C2CCC3(CC2)OC(=O)N(Cc2ccccc2)CC13. The maximum Gasteiger partial charge on any atom is 0.410 e. The number of carbonyl (C=O) groups is 2. The number of rotatable bonds is 2. The summed E-state index contributed by atoms with van der Waals surface area (Å²) in [7, 11) is 0. The molecule has 2 bridgehead atoms. The van der Waals surface area contributed by atoms with Crippen LogP contribution in [0.15, 0.2) is 30.3 Å². The second-order valence-corrected chi connectivity index (χ2v) is 6.97. The highest BCUT2D eigenvalue weighted by atomic mass is 16.6. The Hall–Kier alpha value is -2.04. The minimum absolute atomic E-state index is 0.00564. The molecule has 23 heavy (non-hydrogen) atoms. The maximum atomic E-state index is 12.5. The normalized spacial score (nSPS) is 32.5. The van der Waals surface area contributed by atoms with Crippen molar-refractivity contribution in [3.63, 3.8) is 0 Å². The fourth-order valence-corrected chi connectivity index (χ4v) is 4.57. The smallest absolute Gasteiger partial charge is 0.410 e. The standard InChI is InChI=1S/C18H22N2O3/c1-13(21)20-15-7-9-18(10-8-15)16(20)12-19(17(22)23-18)11-14-5-3-2-4-6-14/h2-6,15-16H,7-12H2,1H3. The molecule has 1 aliphatic carbocycles. The molecular formula is C18H22N2O3. The lowest BCUT2D eigenvalue weighted by atomic mass is 9.70. The van der Waals surface area contributed by atoms with E-state index >= 15 is 0 Å². The molecule has 1 spiro atoms. The summed E-state index contributed by atoms with van der Waals surface area (Å²) in [6, 6.07) is 10.2. The number of ether oxygens (including phenoxy) is 1. The van der Waals surface area contributed by atoms with Crippen molar-refractivity contribution in [1.82, 2.24) is 9.80 Å². The van der Waals surface area contributed by atoms with E-state index in [9.17, 15) is 9.59 Å². The molecule has 122 valence electrons. The van der Waals surface area contributed by atoms with Crippen LogP contribution >= 0.6 is 0 Å². The van der Waals surface area contributed by atoms with Crippen LogP contribution in [-0.2, 0) is 16.1 Å². The molecule has 3 aliphatic heterocycles. The van der Waals surface area contributed by atoms with Crippen molar-refractivity contribution in [2.24, 2.45) is 0 Å². The van der Waals surface area contributed by atoms with Crippen LogP contribution in [0.1, 0.15) is 38.2 Å². The summed E-state index contributed by atoms with van der Waals surface area (Å²) in [6.07, 6.45) is 3.42. The Kier molecular flexibility index (Phi) is 3.32. The Morgan fingerprint density at radius 3 is 2.61 bits per heavy atom. The average molecular weight is 314 g/mol. The predicted octanol–water partition coefficient (Wildman–Crippen LogP) is 2.55. The molecule has 5 rings (SSSR count). The number of hydrogen-bond donors (Lipinski definition) is 0. The largest absolute Gasteiger partial charge is 0.441 e. The topological polar surface area (TPSA) is 49.9 Å². The minimum Gasteiger partial charge on any atom is -0.441 e. The van der Waals surface area contributed by atoms with Gasteiger partial charge in [0, 0.05) is 26.1 Å². The van der Waals surface area contributed by atoms with Gasteiger partial charge in [-0.15, -0.1) is 0 Å². The highest BCUT2D eigenvalue weighted by Crippen LogP contribution is 2.47. The second kappa shape index (κ2) is 5.25. The van der Waals surface area contributed by atoms with E-state index in [1.165, 1.54) is 0 Å². The van der Waals surface area contributed by atoms with Crippen LogP contribution in [0.3, 0.4) is 0 Å². The Morgan fingerprint density at radius 1 is 1.26 bits per heavy atom. The molecule has 1 atom stereocenters. The average Bonchev–Trinajstić information content (AvgIpc) is 2.55. The third kappa shape index (κ3) is 2.30. The first-order valence-electron chi connectivity index (χ1n) is 8.40. The van der Waals surface area contributed by atoms with Gasteiger partial charge in [0.05, 0.1) is 6.04 Å². The number of hydrogen-bond acceptors (Lipinski definition) is 3.